The van der Waals surface area contributed by atoms with E-state index in [1.165, 1.54) is 7.11 Å². The van der Waals surface area contributed by atoms with Crippen LogP contribution in [-0.2, 0) is 21.4 Å². The van der Waals surface area contributed by atoms with Gasteiger partial charge in [-0.3, -0.25) is 9.10 Å². The van der Waals surface area contributed by atoms with Gasteiger partial charge >= 0.3 is 0 Å². The fraction of sp³-hybridized carbons (Fsp3) is 0.208. The molecule has 8 heteroatoms. The maximum absolute atomic E-state index is 12.7. The number of ether oxygens (including phenoxy) is 2. The standard InChI is InChI=1S/C24H26N2O5S/c1-18-9-14-23(30-2)22(15-18)25-24(27)16-26(32(3,28)29)20-10-12-21(13-11-20)31-17-19-7-5-4-6-8-19/h4-15H,16-17H2,1-3H3,(H,25,27). The fourth-order valence-corrected chi connectivity index (χ4v) is 3.95. The van der Waals surface area contributed by atoms with Crippen LogP contribution in [-0.4, -0.2) is 34.2 Å². The molecule has 0 aliphatic rings. The summed E-state index contributed by atoms with van der Waals surface area (Å²) >= 11 is 0. The second kappa shape index (κ2) is 10.2. The molecule has 0 saturated heterocycles. The van der Waals surface area contributed by atoms with E-state index in [1.807, 2.05) is 43.3 Å². The molecule has 3 aromatic rings. The van der Waals surface area contributed by atoms with Crippen LogP contribution < -0.4 is 19.1 Å². The number of amides is 1. The molecule has 1 amide bonds. The minimum atomic E-state index is -3.70. The lowest BCUT2D eigenvalue weighted by Crippen LogP contribution is -2.37. The van der Waals surface area contributed by atoms with Crippen molar-refractivity contribution in [2.45, 2.75) is 13.5 Å². The predicted octanol–water partition coefficient (Wildman–Crippen LogP) is 3.99. The van der Waals surface area contributed by atoms with Gasteiger partial charge in [0.15, 0.2) is 0 Å². The molecule has 0 unspecified atom stereocenters. The quantitative estimate of drug-likeness (QED) is 0.529. The highest BCUT2D eigenvalue weighted by Gasteiger charge is 2.21. The van der Waals surface area contributed by atoms with Crippen molar-refractivity contribution in [2.75, 3.05) is 29.5 Å². The molecule has 7 nitrogen and oxygen atoms in total. The van der Waals surface area contributed by atoms with Gasteiger partial charge in [0.25, 0.3) is 0 Å². The van der Waals surface area contributed by atoms with Crippen LogP contribution in [0.1, 0.15) is 11.1 Å². The van der Waals surface area contributed by atoms with Gasteiger partial charge in [0.2, 0.25) is 15.9 Å². The van der Waals surface area contributed by atoms with Crippen molar-refractivity contribution in [3.63, 3.8) is 0 Å². The zero-order valence-corrected chi connectivity index (χ0v) is 19.1. The summed E-state index contributed by atoms with van der Waals surface area (Å²) in [7, 11) is -2.19. The number of nitrogens with zero attached hydrogens (tertiary/aromatic N) is 1. The lowest BCUT2D eigenvalue weighted by atomic mass is 10.2. The van der Waals surface area contributed by atoms with Gasteiger partial charge in [-0.25, -0.2) is 8.42 Å². The van der Waals surface area contributed by atoms with E-state index in [2.05, 4.69) is 5.32 Å². The summed E-state index contributed by atoms with van der Waals surface area (Å²) in [5, 5.41) is 2.73. The Balaban J connectivity index is 1.71. The SMILES string of the molecule is COc1ccc(C)cc1NC(=O)CN(c1ccc(OCc2ccccc2)cc1)S(C)(=O)=O. The average molecular weight is 455 g/mol. The smallest absolute Gasteiger partial charge is 0.245 e. The van der Waals surface area contributed by atoms with Crippen LogP contribution in [0.3, 0.4) is 0 Å². The van der Waals surface area contributed by atoms with Gasteiger partial charge in [-0.2, -0.15) is 0 Å². The Bertz CT molecular complexity index is 1160. The molecular formula is C24H26N2O5S. The summed E-state index contributed by atoms with van der Waals surface area (Å²) in [6.45, 7) is 1.91. The molecule has 0 fully saturated rings. The first-order valence-electron chi connectivity index (χ1n) is 9.95. The van der Waals surface area contributed by atoms with Crippen molar-refractivity contribution in [1.29, 1.82) is 0 Å². The number of anilines is 2. The maximum Gasteiger partial charge on any atom is 0.245 e. The molecule has 0 spiro atoms. The van der Waals surface area contributed by atoms with Crippen LogP contribution in [0.15, 0.2) is 72.8 Å². The largest absolute Gasteiger partial charge is 0.495 e. The molecule has 3 aromatic carbocycles. The van der Waals surface area contributed by atoms with Crippen molar-refractivity contribution in [3.05, 3.63) is 83.9 Å². The van der Waals surface area contributed by atoms with Crippen molar-refractivity contribution in [2.24, 2.45) is 0 Å². The Kier molecular flexibility index (Phi) is 7.37. The highest BCUT2D eigenvalue weighted by atomic mass is 32.2. The third-order valence-corrected chi connectivity index (χ3v) is 5.83. The summed E-state index contributed by atoms with van der Waals surface area (Å²) < 4.78 is 36.8. The Morgan fingerprint density at radius 1 is 1.00 bits per heavy atom. The van der Waals surface area contributed by atoms with Gasteiger partial charge in [0, 0.05) is 0 Å². The van der Waals surface area contributed by atoms with Crippen LogP contribution in [0.2, 0.25) is 0 Å². The molecule has 0 heterocycles. The van der Waals surface area contributed by atoms with Crippen molar-refractivity contribution in [1.82, 2.24) is 0 Å². The van der Waals surface area contributed by atoms with E-state index in [0.29, 0.717) is 29.5 Å². The number of aryl methyl sites for hydroxylation is 1. The Morgan fingerprint density at radius 2 is 1.69 bits per heavy atom. The second-order valence-electron chi connectivity index (χ2n) is 7.29. The molecule has 0 radical (unpaired) electrons. The number of sulfonamides is 1. The second-order valence-corrected chi connectivity index (χ2v) is 9.20. The maximum atomic E-state index is 12.7. The first-order chi connectivity index (χ1) is 15.3. The van der Waals surface area contributed by atoms with Gasteiger partial charge in [-0.1, -0.05) is 36.4 Å². The van der Waals surface area contributed by atoms with Crippen LogP contribution >= 0.6 is 0 Å². The van der Waals surface area contributed by atoms with E-state index in [4.69, 9.17) is 9.47 Å². The first-order valence-corrected chi connectivity index (χ1v) is 11.8. The minimum absolute atomic E-state index is 0.367. The van der Waals surface area contributed by atoms with Crippen molar-refractivity contribution < 1.29 is 22.7 Å². The van der Waals surface area contributed by atoms with Crippen LogP contribution in [0, 0.1) is 6.92 Å². The molecule has 0 saturated carbocycles. The summed E-state index contributed by atoms with van der Waals surface area (Å²) in [4.78, 5) is 12.7. The zero-order valence-electron chi connectivity index (χ0n) is 18.2. The number of methoxy groups -OCH3 is 1. The monoisotopic (exact) mass is 454 g/mol. The van der Waals surface area contributed by atoms with E-state index in [9.17, 15) is 13.2 Å². The molecular weight excluding hydrogens is 428 g/mol. The van der Waals surface area contributed by atoms with E-state index < -0.39 is 15.9 Å². The van der Waals surface area contributed by atoms with Crippen LogP contribution in [0.5, 0.6) is 11.5 Å². The molecule has 168 valence electrons. The highest BCUT2D eigenvalue weighted by molar-refractivity contribution is 7.92. The molecule has 0 atom stereocenters. The number of nitrogens with one attached hydrogen (secondary N) is 1. The summed E-state index contributed by atoms with van der Waals surface area (Å²) in [5.74, 6) is 0.610. The summed E-state index contributed by atoms with van der Waals surface area (Å²) in [6, 6.07) is 21.7. The van der Waals surface area contributed by atoms with Crippen LogP contribution in [0.25, 0.3) is 0 Å². The fourth-order valence-electron chi connectivity index (χ4n) is 3.09. The molecule has 0 aliphatic heterocycles. The van der Waals surface area contributed by atoms with E-state index in [-0.39, 0.29) is 6.54 Å². The number of benzene rings is 3. The lowest BCUT2D eigenvalue weighted by molar-refractivity contribution is -0.114. The van der Waals surface area contributed by atoms with E-state index in [1.54, 1.807) is 36.4 Å². The number of hydrogen-bond donors (Lipinski definition) is 1. The molecule has 0 aliphatic carbocycles. The van der Waals surface area contributed by atoms with E-state index in [0.717, 1.165) is 21.7 Å². The third kappa shape index (κ3) is 6.24. The van der Waals surface area contributed by atoms with E-state index >= 15 is 0 Å². The topological polar surface area (TPSA) is 84.9 Å². The molecule has 0 aromatic heterocycles. The lowest BCUT2D eigenvalue weighted by Gasteiger charge is -2.22. The number of carbonyl (C=O) groups excluding carboxylic acids is 1. The minimum Gasteiger partial charge on any atom is -0.495 e. The van der Waals surface area contributed by atoms with Crippen LogP contribution in [0.4, 0.5) is 11.4 Å². The number of hydrogen-bond acceptors (Lipinski definition) is 5. The van der Waals surface area contributed by atoms with Gasteiger partial charge in [0.1, 0.15) is 24.7 Å². The number of rotatable bonds is 9. The molecule has 0 bridgehead atoms. The van der Waals surface area contributed by atoms with Gasteiger partial charge < -0.3 is 14.8 Å². The Labute approximate surface area is 188 Å². The number of carbonyl (C=O) groups is 1. The molecule has 3 rings (SSSR count). The zero-order chi connectivity index (χ0) is 23.1. The summed E-state index contributed by atoms with van der Waals surface area (Å²) in [5.41, 5.74) is 2.81. The normalized spacial score (nSPS) is 11.0. The van der Waals surface area contributed by atoms with Gasteiger partial charge in [-0.05, 0) is 54.4 Å². The van der Waals surface area contributed by atoms with Crippen molar-refractivity contribution >= 4 is 27.3 Å². The first kappa shape index (κ1) is 23.1. The van der Waals surface area contributed by atoms with Gasteiger partial charge in [0.05, 0.1) is 24.7 Å². The average Bonchev–Trinajstić information content (AvgIpc) is 2.77. The Hall–Kier alpha value is -3.52. The predicted molar refractivity (Wildman–Crippen MR) is 126 cm³/mol. The summed E-state index contributed by atoms with van der Waals surface area (Å²) in [6.07, 6.45) is 1.06. The van der Waals surface area contributed by atoms with Gasteiger partial charge in [-0.15, -0.1) is 0 Å². The third-order valence-electron chi connectivity index (χ3n) is 4.69. The molecule has 32 heavy (non-hydrogen) atoms. The molecule has 1 N–H and O–H groups in total. The van der Waals surface area contributed by atoms with Crippen molar-refractivity contribution in [3.8, 4) is 11.5 Å². The highest BCUT2D eigenvalue weighted by Crippen LogP contribution is 2.26. The Morgan fingerprint density at radius 3 is 2.31 bits per heavy atom.